The zero-order valence-electron chi connectivity index (χ0n) is 7.84. The van der Waals surface area contributed by atoms with Gasteiger partial charge in [0, 0.05) is 0 Å². The van der Waals surface area contributed by atoms with Gasteiger partial charge in [-0.2, -0.15) is 4.47 Å². The van der Waals surface area contributed by atoms with E-state index < -0.39 is 11.9 Å². The Morgan fingerprint density at radius 1 is 1.33 bits per heavy atom. The quantitative estimate of drug-likeness (QED) is 0.405. The number of carbonyl (C=O) groups excluding carboxylic acids is 1. The molecule has 0 atom stereocenters. The van der Waals surface area contributed by atoms with Gasteiger partial charge in [-0.1, -0.05) is 11.6 Å². The predicted molar refractivity (Wildman–Crippen MR) is 55.1 cm³/mol. The average molecular weight is 227 g/mol. The lowest BCUT2D eigenvalue weighted by molar-refractivity contribution is 0.0168. The minimum Gasteiger partial charge on any atom is -0.478 e. The van der Waals surface area contributed by atoms with E-state index in [0.717, 1.165) is 0 Å². The van der Waals surface area contributed by atoms with Crippen molar-refractivity contribution in [2.75, 3.05) is 0 Å². The van der Waals surface area contributed by atoms with Crippen molar-refractivity contribution in [2.45, 2.75) is 6.92 Å². The average Bonchev–Trinajstić information content (AvgIpc) is 2.16. The van der Waals surface area contributed by atoms with Crippen LogP contribution in [0.3, 0.4) is 0 Å². The molecule has 0 aromatic heterocycles. The van der Waals surface area contributed by atoms with Crippen LogP contribution < -0.4 is 0 Å². The summed E-state index contributed by atoms with van der Waals surface area (Å²) in [6.45, 7) is 1.71. The second-order valence-electron chi connectivity index (χ2n) is 2.95. The van der Waals surface area contributed by atoms with Crippen LogP contribution in [-0.2, 0) is 0 Å². The Labute approximate surface area is 91.4 Å². The second-order valence-corrected chi connectivity index (χ2v) is 3.33. The van der Waals surface area contributed by atoms with E-state index in [1.807, 2.05) is 0 Å². The van der Waals surface area contributed by atoms with E-state index in [4.69, 9.17) is 10.3 Å². The van der Waals surface area contributed by atoms with Gasteiger partial charge in [0.05, 0.1) is 11.1 Å². The number of aromatic carboxylic acids is 1. The number of carbonyl (C=O) groups is 2. The van der Waals surface area contributed by atoms with Gasteiger partial charge in [-0.25, -0.2) is 4.79 Å². The fraction of sp³-hybridized carbons (Fsp3) is 0.111. The molecule has 1 aromatic carbocycles. The standard InChI is InChI=1S/C9H9NO4S/c1-5-2-3-6(8(11)10(14)15)7(4-5)9(12)13/h2-4,14-15H,1H3,(H,12,13). The zero-order chi connectivity index (χ0) is 11.6. The molecular formula is C9H9NO4S. The van der Waals surface area contributed by atoms with Gasteiger partial charge in [0.1, 0.15) is 0 Å². The molecule has 0 saturated carbocycles. The van der Waals surface area contributed by atoms with Crippen molar-refractivity contribution in [3.8, 4) is 0 Å². The summed E-state index contributed by atoms with van der Waals surface area (Å²) in [6, 6.07) is 4.27. The molecule has 0 fully saturated rings. The number of carboxylic acid groups (broad SMARTS) is 1. The summed E-state index contributed by atoms with van der Waals surface area (Å²) in [4.78, 5) is 22.1. The molecule has 0 spiro atoms. The highest BCUT2D eigenvalue weighted by atomic mass is 32.1. The highest BCUT2D eigenvalue weighted by Gasteiger charge is 2.19. The lowest BCUT2D eigenvalue weighted by Crippen LogP contribution is -2.20. The minimum atomic E-state index is -1.22. The Bertz CT molecular complexity index is 417. The largest absolute Gasteiger partial charge is 0.478 e. The maximum absolute atomic E-state index is 11.3. The van der Waals surface area contributed by atoms with Crippen LogP contribution in [0.15, 0.2) is 18.2 Å². The van der Waals surface area contributed by atoms with Crippen LogP contribution in [0.4, 0.5) is 0 Å². The van der Waals surface area contributed by atoms with E-state index in [1.54, 1.807) is 13.0 Å². The number of aryl methyl sites for hydroxylation is 1. The first kappa shape index (κ1) is 11.5. The summed E-state index contributed by atoms with van der Waals surface area (Å²) >= 11 is 3.39. The molecule has 0 aliphatic carbocycles. The number of hydrogen-bond acceptors (Lipinski definition) is 4. The van der Waals surface area contributed by atoms with Gasteiger partial charge in [-0.05, 0) is 31.9 Å². The van der Waals surface area contributed by atoms with E-state index in [0.29, 0.717) is 5.56 Å². The molecule has 0 heterocycles. The highest BCUT2D eigenvalue weighted by Crippen LogP contribution is 2.14. The first-order chi connectivity index (χ1) is 6.93. The van der Waals surface area contributed by atoms with E-state index in [1.165, 1.54) is 12.1 Å². The van der Waals surface area contributed by atoms with Crippen molar-refractivity contribution >= 4 is 24.7 Å². The van der Waals surface area contributed by atoms with E-state index >= 15 is 0 Å². The Morgan fingerprint density at radius 3 is 2.40 bits per heavy atom. The Hall–Kier alpha value is -1.53. The van der Waals surface area contributed by atoms with Crippen LogP contribution in [0.5, 0.6) is 0 Å². The first-order valence-corrected chi connectivity index (χ1v) is 4.39. The zero-order valence-corrected chi connectivity index (χ0v) is 8.73. The number of hydroxylamine groups is 1. The number of carboxylic acids is 1. The lowest BCUT2D eigenvalue weighted by Gasteiger charge is -2.09. The summed E-state index contributed by atoms with van der Waals surface area (Å²) < 4.78 is 0.0527. The first-order valence-electron chi connectivity index (χ1n) is 3.99. The third-order valence-corrected chi connectivity index (χ3v) is 2.00. The molecule has 2 N–H and O–H groups in total. The lowest BCUT2D eigenvalue weighted by atomic mass is 10.0. The van der Waals surface area contributed by atoms with Gasteiger partial charge in [0.25, 0.3) is 5.91 Å². The number of benzene rings is 1. The molecule has 15 heavy (non-hydrogen) atoms. The van der Waals surface area contributed by atoms with E-state index in [9.17, 15) is 9.59 Å². The molecule has 5 nitrogen and oxygen atoms in total. The number of nitrogens with zero attached hydrogens (tertiary/aromatic N) is 1. The van der Waals surface area contributed by atoms with Crippen molar-refractivity contribution in [3.05, 3.63) is 34.9 Å². The van der Waals surface area contributed by atoms with E-state index in [2.05, 4.69) is 12.8 Å². The van der Waals surface area contributed by atoms with Crippen molar-refractivity contribution in [3.63, 3.8) is 0 Å². The highest BCUT2D eigenvalue weighted by molar-refractivity contribution is 7.78. The van der Waals surface area contributed by atoms with Gasteiger partial charge in [0.15, 0.2) is 0 Å². The fourth-order valence-electron chi connectivity index (χ4n) is 1.13. The second kappa shape index (κ2) is 4.33. The number of thiol groups is 1. The van der Waals surface area contributed by atoms with E-state index in [-0.39, 0.29) is 15.6 Å². The minimum absolute atomic E-state index is 0.0527. The molecule has 1 aromatic rings. The fourth-order valence-corrected chi connectivity index (χ4v) is 1.24. The van der Waals surface area contributed by atoms with Crippen LogP contribution in [0.1, 0.15) is 26.3 Å². The van der Waals surface area contributed by atoms with Crippen LogP contribution >= 0.6 is 12.8 Å². The number of hydrogen-bond donors (Lipinski definition) is 3. The maximum atomic E-state index is 11.3. The predicted octanol–water partition coefficient (Wildman–Crippen LogP) is 1.37. The Balaban J connectivity index is 3.29. The molecular weight excluding hydrogens is 218 g/mol. The van der Waals surface area contributed by atoms with Crippen LogP contribution in [0.25, 0.3) is 0 Å². The van der Waals surface area contributed by atoms with Crippen molar-refractivity contribution in [1.82, 2.24) is 4.47 Å². The summed E-state index contributed by atoms with van der Waals surface area (Å²) in [5.41, 5.74) is 0.450. The molecule has 1 amide bonds. The summed E-state index contributed by atoms with van der Waals surface area (Å²) in [7, 11) is 0. The number of amides is 1. The Morgan fingerprint density at radius 2 is 1.93 bits per heavy atom. The van der Waals surface area contributed by atoms with Crippen LogP contribution in [0.2, 0.25) is 0 Å². The van der Waals surface area contributed by atoms with Gasteiger partial charge in [-0.3, -0.25) is 10.0 Å². The van der Waals surface area contributed by atoms with Crippen molar-refractivity contribution in [2.24, 2.45) is 0 Å². The van der Waals surface area contributed by atoms with Crippen LogP contribution in [-0.4, -0.2) is 26.7 Å². The topological polar surface area (TPSA) is 77.8 Å². The molecule has 1 rings (SSSR count). The molecule has 0 aliphatic rings. The van der Waals surface area contributed by atoms with Gasteiger partial charge < -0.3 is 5.11 Å². The van der Waals surface area contributed by atoms with Gasteiger partial charge >= 0.3 is 5.97 Å². The van der Waals surface area contributed by atoms with Crippen LogP contribution in [0, 0.1) is 6.92 Å². The summed E-state index contributed by atoms with van der Waals surface area (Å²) in [6.07, 6.45) is 0. The molecule has 0 aliphatic heterocycles. The molecule has 0 radical (unpaired) electrons. The van der Waals surface area contributed by atoms with Gasteiger partial charge in [0.2, 0.25) is 0 Å². The monoisotopic (exact) mass is 227 g/mol. The molecule has 0 saturated heterocycles. The molecule has 0 unspecified atom stereocenters. The third kappa shape index (κ3) is 2.48. The molecule has 6 heteroatoms. The SMILES string of the molecule is Cc1ccc(C(=O)N(O)S)c(C(=O)O)c1. The van der Waals surface area contributed by atoms with Gasteiger partial charge in [-0.15, -0.1) is 0 Å². The summed E-state index contributed by atoms with van der Waals surface area (Å²) in [5.74, 6) is -2.10. The Kier molecular flexibility index (Phi) is 3.33. The maximum Gasteiger partial charge on any atom is 0.336 e. The smallest absolute Gasteiger partial charge is 0.336 e. The van der Waals surface area contributed by atoms with Crippen molar-refractivity contribution < 1.29 is 19.9 Å². The summed E-state index contributed by atoms with van der Waals surface area (Å²) in [5, 5.41) is 17.6. The van der Waals surface area contributed by atoms with Crippen molar-refractivity contribution in [1.29, 1.82) is 0 Å². The normalized spacial score (nSPS) is 9.80. The third-order valence-electron chi connectivity index (χ3n) is 1.82. The molecule has 80 valence electrons. The molecule has 0 bridgehead atoms. The number of rotatable bonds is 2.